The first-order valence-electron chi connectivity index (χ1n) is 8.10. The van der Waals surface area contributed by atoms with Crippen molar-refractivity contribution < 1.29 is 9.26 Å². The smallest absolute Gasteiger partial charge is 0.240 e. The molecule has 0 saturated carbocycles. The summed E-state index contributed by atoms with van der Waals surface area (Å²) in [6.07, 6.45) is 5.51. The van der Waals surface area contributed by atoms with Gasteiger partial charge in [-0.1, -0.05) is 19.0 Å². The molecule has 7 nitrogen and oxygen atoms in total. The summed E-state index contributed by atoms with van der Waals surface area (Å²) in [6.45, 7) is 8.64. The Morgan fingerprint density at radius 3 is 2.70 bits per heavy atom. The van der Waals surface area contributed by atoms with Crippen molar-refractivity contribution in [3.8, 4) is 5.88 Å². The fourth-order valence-electron chi connectivity index (χ4n) is 2.61. The van der Waals surface area contributed by atoms with Gasteiger partial charge in [-0.15, -0.1) is 0 Å². The number of ether oxygens (including phenoxy) is 1. The van der Waals surface area contributed by atoms with Crippen molar-refractivity contribution in [3.63, 3.8) is 0 Å². The molecule has 1 fully saturated rings. The van der Waals surface area contributed by atoms with E-state index in [2.05, 4.69) is 38.9 Å². The van der Waals surface area contributed by atoms with Crippen LogP contribution in [0.3, 0.4) is 0 Å². The molecule has 0 amide bonds. The lowest BCUT2D eigenvalue weighted by molar-refractivity contribution is 0.0867. The van der Waals surface area contributed by atoms with E-state index in [-0.39, 0.29) is 6.10 Å². The van der Waals surface area contributed by atoms with Crippen molar-refractivity contribution in [2.45, 2.75) is 52.2 Å². The molecule has 0 bridgehead atoms. The lowest BCUT2D eigenvalue weighted by Gasteiger charge is -2.30. The molecule has 0 N–H and O–H groups in total. The van der Waals surface area contributed by atoms with E-state index in [4.69, 9.17) is 9.26 Å². The largest absolute Gasteiger partial charge is 0.473 e. The molecule has 23 heavy (non-hydrogen) atoms. The first-order valence-corrected chi connectivity index (χ1v) is 8.10. The molecule has 3 heterocycles. The summed E-state index contributed by atoms with van der Waals surface area (Å²) in [5, 5.41) is 4.01. The van der Waals surface area contributed by atoms with Crippen LogP contribution in [-0.2, 0) is 6.54 Å². The molecule has 0 aliphatic carbocycles. The van der Waals surface area contributed by atoms with Gasteiger partial charge in [-0.2, -0.15) is 4.98 Å². The molecule has 0 atom stereocenters. The summed E-state index contributed by atoms with van der Waals surface area (Å²) >= 11 is 0. The number of rotatable bonds is 5. The van der Waals surface area contributed by atoms with Gasteiger partial charge in [0, 0.05) is 25.2 Å². The van der Waals surface area contributed by atoms with E-state index in [1.807, 2.05) is 6.92 Å². The summed E-state index contributed by atoms with van der Waals surface area (Å²) < 4.78 is 11.2. The molecule has 0 radical (unpaired) electrons. The highest BCUT2D eigenvalue weighted by Crippen LogP contribution is 2.19. The van der Waals surface area contributed by atoms with Crippen molar-refractivity contribution in [1.29, 1.82) is 0 Å². The lowest BCUT2D eigenvalue weighted by Crippen LogP contribution is -2.38. The van der Waals surface area contributed by atoms with E-state index >= 15 is 0 Å². The van der Waals surface area contributed by atoms with Crippen LogP contribution in [-0.4, -0.2) is 44.2 Å². The van der Waals surface area contributed by atoms with Gasteiger partial charge in [0.05, 0.1) is 18.4 Å². The van der Waals surface area contributed by atoms with Crippen molar-refractivity contribution in [1.82, 2.24) is 25.0 Å². The zero-order valence-electron chi connectivity index (χ0n) is 13.9. The zero-order chi connectivity index (χ0) is 16.2. The van der Waals surface area contributed by atoms with Crippen LogP contribution in [0.2, 0.25) is 0 Å². The molecule has 1 saturated heterocycles. The Morgan fingerprint density at radius 2 is 2.04 bits per heavy atom. The minimum atomic E-state index is 0.191. The first-order chi connectivity index (χ1) is 11.1. The van der Waals surface area contributed by atoms with E-state index in [1.54, 1.807) is 12.4 Å². The molecule has 1 aliphatic heterocycles. The van der Waals surface area contributed by atoms with Gasteiger partial charge in [0.1, 0.15) is 6.10 Å². The van der Waals surface area contributed by atoms with Crippen molar-refractivity contribution in [3.05, 3.63) is 29.8 Å². The minimum absolute atomic E-state index is 0.191. The van der Waals surface area contributed by atoms with Crippen LogP contribution in [0, 0.1) is 6.92 Å². The monoisotopic (exact) mass is 317 g/mol. The number of piperidine rings is 1. The summed E-state index contributed by atoms with van der Waals surface area (Å²) in [4.78, 5) is 15.2. The Kier molecular flexibility index (Phi) is 4.85. The molecule has 0 aromatic carbocycles. The summed E-state index contributed by atoms with van der Waals surface area (Å²) in [5.74, 6) is 2.37. The maximum atomic E-state index is 5.92. The van der Waals surface area contributed by atoms with Crippen LogP contribution in [0.25, 0.3) is 0 Å². The van der Waals surface area contributed by atoms with Gasteiger partial charge in [0.25, 0.3) is 0 Å². The van der Waals surface area contributed by atoms with E-state index < -0.39 is 0 Å². The number of aromatic nitrogens is 4. The quantitative estimate of drug-likeness (QED) is 0.837. The number of likely N-dealkylation sites (tertiary alicyclic amines) is 1. The van der Waals surface area contributed by atoms with E-state index in [0.717, 1.165) is 37.4 Å². The Bertz CT molecular complexity index is 635. The normalized spacial score (nSPS) is 16.9. The number of aryl methyl sites for hydroxylation is 1. The summed E-state index contributed by atoms with van der Waals surface area (Å²) in [7, 11) is 0. The topological polar surface area (TPSA) is 77.2 Å². The Balaban J connectivity index is 1.48. The maximum absolute atomic E-state index is 5.92. The van der Waals surface area contributed by atoms with Gasteiger partial charge >= 0.3 is 0 Å². The standard InChI is InChI=1S/C16H23N5O2/c1-11(2)16-19-15(23-20-16)10-21-6-4-13(5-7-21)22-14-9-17-8-12(3)18-14/h8-9,11,13H,4-7,10H2,1-3H3. The Morgan fingerprint density at radius 1 is 1.26 bits per heavy atom. The Hall–Kier alpha value is -2.02. The molecule has 7 heteroatoms. The highest BCUT2D eigenvalue weighted by molar-refractivity contribution is 5.07. The maximum Gasteiger partial charge on any atom is 0.240 e. The van der Waals surface area contributed by atoms with Gasteiger partial charge in [0.15, 0.2) is 5.82 Å². The SMILES string of the molecule is Cc1cncc(OC2CCN(Cc3nc(C(C)C)no3)CC2)n1. The van der Waals surface area contributed by atoms with Crippen LogP contribution in [0.4, 0.5) is 0 Å². The van der Waals surface area contributed by atoms with E-state index in [9.17, 15) is 0 Å². The fraction of sp³-hybridized carbons (Fsp3) is 0.625. The van der Waals surface area contributed by atoms with Gasteiger partial charge in [-0.3, -0.25) is 9.88 Å². The van der Waals surface area contributed by atoms with Crippen LogP contribution in [0.5, 0.6) is 5.88 Å². The molecule has 3 rings (SSSR count). The predicted molar refractivity (Wildman–Crippen MR) is 84.1 cm³/mol. The van der Waals surface area contributed by atoms with Crippen molar-refractivity contribution in [2.75, 3.05) is 13.1 Å². The van der Waals surface area contributed by atoms with Gasteiger partial charge in [0.2, 0.25) is 11.8 Å². The van der Waals surface area contributed by atoms with Crippen molar-refractivity contribution in [2.24, 2.45) is 0 Å². The van der Waals surface area contributed by atoms with Crippen LogP contribution in [0.15, 0.2) is 16.9 Å². The molecular weight excluding hydrogens is 294 g/mol. The number of hydrogen-bond acceptors (Lipinski definition) is 7. The average molecular weight is 317 g/mol. The molecule has 1 aliphatic rings. The second-order valence-corrected chi connectivity index (χ2v) is 6.29. The zero-order valence-corrected chi connectivity index (χ0v) is 13.9. The minimum Gasteiger partial charge on any atom is -0.473 e. The molecule has 124 valence electrons. The predicted octanol–water partition coefficient (Wildman–Crippen LogP) is 2.33. The average Bonchev–Trinajstić information content (AvgIpc) is 2.98. The third kappa shape index (κ3) is 4.25. The van der Waals surface area contributed by atoms with Crippen LogP contribution in [0.1, 0.15) is 50.0 Å². The van der Waals surface area contributed by atoms with Crippen LogP contribution < -0.4 is 4.74 Å². The second kappa shape index (κ2) is 7.04. The molecule has 2 aromatic rings. The fourth-order valence-corrected chi connectivity index (χ4v) is 2.61. The van der Waals surface area contributed by atoms with Crippen molar-refractivity contribution >= 4 is 0 Å². The van der Waals surface area contributed by atoms with Gasteiger partial charge in [-0.05, 0) is 19.8 Å². The lowest BCUT2D eigenvalue weighted by atomic mass is 10.1. The number of hydrogen-bond donors (Lipinski definition) is 0. The molecule has 2 aromatic heterocycles. The summed E-state index contributed by atoms with van der Waals surface area (Å²) in [5.41, 5.74) is 0.872. The molecule has 0 spiro atoms. The molecular formula is C16H23N5O2. The second-order valence-electron chi connectivity index (χ2n) is 6.29. The third-order valence-corrected chi connectivity index (χ3v) is 3.91. The third-order valence-electron chi connectivity index (χ3n) is 3.91. The van der Waals surface area contributed by atoms with E-state index in [1.165, 1.54) is 0 Å². The van der Waals surface area contributed by atoms with Gasteiger partial charge in [-0.25, -0.2) is 4.98 Å². The Labute approximate surface area is 136 Å². The highest BCUT2D eigenvalue weighted by Gasteiger charge is 2.23. The van der Waals surface area contributed by atoms with Gasteiger partial charge < -0.3 is 9.26 Å². The number of nitrogens with zero attached hydrogens (tertiary/aromatic N) is 5. The summed E-state index contributed by atoms with van der Waals surface area (Å²) in [6, 6.07) is 0. The first kappa shape index (κ1) is 15.9. The van der Waals surface area contributed by atoms with E-state index in [0.29, 0.717) is 24.2 Å². The van der Waals surface area contributed by atoms with Crippen LogP contribution >= 0.6 is 0 Å². The molecule has 0 unspecified atom stereocenters. The highest BCUT2D eigenvalue weighted by atomic mass is 16.5.